The summed E-state index contributed by atoms with van der Waals surface area (Å²) in [7, 11) is 0. The van der Waals surface area contributed by atoms with E-state index >= 15 is 0 Å². The number of furan rings is 1. The Morgan fingerprint density at radius 1 is 1.16 bits per heavy atom. The van der Waals surface area contributed by atoms with E-state index in [1.807, 2.05) is 9.80 Å². The van der Waals surface area contributed by atoms with Crippen LogP contribution in [0.4, 0.5) is 0 Å². The monoisotopic (exact) mass is 440 g/mol. The molecule has 2 fully saturated rings. The molecule has 4 rings (SSSR count). The summed E-state index contributed by atoms with van der Waals surface area (Å²) in [5, 5.41) is 6.52. The molecule has 9 heteroatoms. The fourth-order valence-corrected chi connectivity index (χ4v) is 4.56. The Kier molecular flexibility index (Phi) is 6.16. The molecule has 1 N–H and O–H groups in total. The third-order valence-electron chi connectivity index (χ3n) is 6.51. The van der Waals surface area contributed by atoms with E-state index < -0.39 is 0 Å². The van der Waals surface area contributed by atoms with Crippen molar-refractivity contribution in [1.29, 1.82) is 0 Å². The minimum absolute atomic E-state index is 0.0337. The van der Waals surface area contributed by atoms with Crippen molar-refractivity contribution in [3.05, 3.63) is 47.2 Å². The quantitative estimate of drug-likeness (QED) is 0.714. The number of hydrogen-bond donors (Lipinski definition) is 1. The summed E-state index contributed by atoms with van der Waals surface area (Å²) in [5.41, 5.74) is 1.21. The van der Waals surface area contributed by atoms with Gasteiger partial charge in [-0.05, 0) is 56.7 Å². The molecular formula is C23H28N4O5. The lowest BCUT2D eigenvalue weighted by Gasteiger charge is -2.39. The number of rotatable bonds is 5. The molecule has 2 aromatic rings. The molecular weight excluding hydrogens is 412 g/mol. The largest absolute Gasteiger partial charge is 0.465 e. The van der Waals surface area contributed by atoms with Gasteiger partial charge in [0.2, 0.25) is 11.8 Å². The standard InChI is InChI=1S/C23H28N4O5/c1-16-21(17(2)32-25-16)22(30)26-10-7-23(8-11-26)9-12-27(15-23)20(29)14-24-19(28)6-5-18-4-3-13-31-18/h3-6,13H,7-12,14-15H2,1-2H3,(H,24,28). The number of nitrogens with one attached hydrogen (secondary N) is 1. The Morgan fingerprint density at radius 3 is 2.50 bits per heavy atom. The maximum Gasteiger partial charge on any atom is 0.259 e. The number of hydrogen-bond acceptors (Lipinski definition) is 6. The molecule has 1 spiro atoms. The number of nitrogens with zero attached hydrogens (tertiary/aromatic N) is 3. The third-order valence-corrected chi connectivity index (χ3v) is 6.51. The molecule has 2 saturated heterocycles. The van der Waals surface area contributed by atoms with Crippen LogP contribution < -0.4 is 5.32 Å². The van der Waals surface area contributed by atoms with E-state index in [9.17, 15) is 14.4 Å². The van der Waals surface area contributed by atoms with Crippen molar-refractivity contribution in [2.45, 2.75) is 33.1 Å². The third kappa shape index (κ3) is 4.61. The van der Waals surface area contributed by atoms with Crippen LogP contribution in [-0.4, -0.2) is 65.4 Å². The number of carbonyl (C=O) groups is 3. The van der Waals surface area contributed by atoms with Gasteiger partial charge in [0.25, 0.3) is 5.91 Å². The number of amides is 3. The van der Waals surface area contributed by atoms with E-state index in [1.54, 1.807) is 32.1 Å². The van der Waals surface area contributed by atoms with Crippen molar-refractivity contribution in [1.82, 2.24) is 20.3 Å². The number of piperidine rings is 1. The van der Waals surface area contributed by atoms with Crippen LogP contribution in [0.1, 0.15) is 46.8 Å². The highest BCUT2D eigenvalue weighted by Gasteiger charge is 2.43. The fourth-order valence-electron chi connectivity index (χ4n) is 4.56. The number of aryl methyl sites for hydroxylation is 2. The average molecular weight is 441 g/mol. The van der Waals surface area contributed by atoms with Gasteiger partial charge in [-0.2, -0.15) is 0 Å². The minimum Gasteiger partial charge on any atom is -0.465 e. The molecule has 170 valence electrons. The molecule has 0 unspecified atom stereocenters. The van der Waals surface area contributed by atoms with Gasteiger partial charge in [-0.3, -0.25) is 14.4 Å². The molecule has 0 radical (unpaired) electrons. The predicted octanol–water partition coefficient (Wildman–Crippen LogP) is 2.17. The lowest BCUT2D eigenvalue weighted by Crippen LogP contribution is -2.45. The molecule has 2 aromatic heterocycles. The summed E-state index contributed by atoms with van der Waals surface area (Å²) >= 11 is 0. The van der Waals surface area contributed by atoms with Crippen LogP contribution in [0, 0.1) is 19.3 Å². The highest BCUT2D eigenvalue weighted by Crippen LogP contribution is 2.40. The average Bonchev–Trinajstić information content (AvgIpc) is 3.52. The van der Waals surface area contributed by atoms with Gasteiger partial charge in [0.1, 0.15) is 17.1 Å². The second-order valence-corrected chi connectivity index (χ2v) is 8.62. The summed E-state index contributed by atoms with van der Waals surface area (Å²) in [5.74, 6) is 0.664. The Labute approximate surface area is 186 Å². The maximum absolute atomic E-state index is 12.9. The molecule has 0 bridgehead atoms. The van der Waals surface area contributed by atoms with Gasteiger partial charge in [-0.25, -0.2) is 0 Å². The van der Waals surface area contributed by atoms with Crippen LogP contribution in [0.15, 0.2) is 33.4 Å². The highest BCUT2D eigenvalue weighted by atomic mass is 16.5. The Hall–Kier alpha value is -3.36. The Bertz CT molecular complexity index is 996. The van der Waals surface area contributed by atoms with Gasteiger partial charge in [-0.1, -0.05) is 5.16 Å². The van der Waals surface area contributed by atoms with Crippen molar-refractivity contribution in [3.63, 3.8) is 0 Å². The maximum atomic E-state index is 12.9. The zero-order valence-electron chi connectivity index (χ0n) is 18.4. The first-order valence-corrected chi connectivity index (χ1v) is 10.9. The van der Waals surface area contributed by atoms with Crippen LogP contribution in [0.3, 0.4) is 0 Å². The molecule has 0 atom stereocenters. The first-order valence-electron chi connectivity index (χ1n) is 10.9. The zero-order chi connectivity index (χ0) is 22.7. The van der Waals surface area contributed by atoms with Crippen molar-refractivity contribution < 1.29 is 23.3 Å². The molecule has 2 aliphatic rings. The summed E-state index contributed by atoms with van der Waals surface area (Å²) in [4.78, 5) is 41.1. The summed E-state index contributed by atoms with van der Waals surface area (Å²) < 4.78 is 10.3. The first-order chi connectivity index (χ1) is 15.4. The molecule has 32 heavy (non-hydrogen) atoms. The van der Waals surface area contributed by atoms with E-state index in [0.717, 1.165) is 19.3 Å². The van der Waals surface area contributed by atoms with Crippen molar-refractivity contribution >= 4 is 23.8 Å². The fraction of sp³-hybridized carbons (Fsp3) is 0.478. The second-order valence-electron chi connectivity index (χ2n) is 8.62. The van der Waals surface area contributed by atoms with Crippen molar-refractivity contribution in [2.24, 2.45) is 5.41 Å². The number of likely N-dealkylation sites (tertiary alicyclic amines) is 2. The number of aromatic nitrogens is 1. The van der Waals surface area contributed by atoms with Gasteiger partial charge in [-0.15, -0.1) is 0 Å². The SMILES string of the molecule is Cc1noc(C)c1C(=O)N1CCC2(CCN(C(=O)CNC(=O)C=Cc3ccco3)C2)CC1. The van der Waals surface area contributed by atoms with Gasteiger partial charge < -0.3 is 24.1 Å². The van der Waals surface area contributed by atoms with E-state index in [2.05, 4.69) is 10.5 Å². The highest BCUT2D eigenvalue weighted by molar-refractivity contribution is 5.96. The van der Waals surface area contributed by atoms with Crippen LogP contribution in [0.25, 0.3) is 6.08 Å². The van der Waals surface area contributed by atoms with Crippen molar-refractivity contribution in [2.75, 3.05) is 32.7 Å². The lowest BCUT2D eigenvalue weighted by molar-refractivity contribution is -0.131. The smallest absolute Gasteiger partial charge is 0.259 e. The number of carbonyl (C=O) groups excluding carboxylic acids is 3. The van der Waals surface area contributed by atoms with Gasteiger partial charge in [0.05, 0.1) is 18.5 Å². The molecule has 0 saturated carbocycles. The Balaban J connectivity index is 1.25. The second kappa shape index (κ2) is 9.02. The van der Waals surface area contributed by atoms with Crippen LogP contribution in [0.5, 0.6) is 0 Å². The topological polar surface area (TPSA) is 109 Å². The molecule has 4 heterocycles. The van der Waals surface area contributed by atoms with Crippen LogP contribution in [0.2, 0.25) is 0 Å². The van der Waals surface area contributed by atoms with E-state index in [1.165, 1.54) is 12.3 Å². The van der Waals surface area contributed by atoms with Crippen LogP contribution >= 0.6 is 0 Å². The molecule has 2 aliphatic heterocycles. The molecule has 0 aromatic carbocycles. The van der Waals surface area contributed by atoms with Crippen molar-refractivity contribution in [3.8, 4) is 0 Å². The minimum atomic E-state index is -0.338. The molecule has 0 aliphatic carbocycles. The van der Waals surface area contributed by atoms with E-state index in [4.69, 9.17) is 8.94 Å². The van der Waals surface area contributed by atoms with Crippen LogP contribution in [-0.2, 0) is 9.59 Å². The first kappa shape index (κ1) is 21.9. The van der Waals surface area contributed by atoms with E-state index in [0.29, 0.717) is 49.0 Å². The zero-order valence-corrected chi connectivity index (χ0v) is 18.4. The summed E-state index contributed by atoms with van der Waals surface area (Å²) in [6.45, 7) is 6.14. The predicted molar refractivity (Wildman–Crippen MR) is 115 cm³/mol. The Morgan fingerprint density at radius 2 is 1.88 bits per heavy atom. The summed E-state index contributed by atoms with van der Waals surface area (Å²) in [6.07, 6.45) is 7.06. The lowest BCUT2D eigenvalue weighted by atomic mass is 9.77. The molecule has 3 amide bonds. The molecule has 9 nitrogen and oxygen atoms in total. The summed E-state index contributed by atoms with van der Waals surface area (Å²) in [6, 6.07) is 3.48. The van der Waals surface area contributed by atoms with Gasteiger partial charge in [0, 0.05) is 32.3 Å². The van der Waals surface area contributed by atoms with Gasteiger partial charge in [0.15, 0.2) is 0 Å². The van der Waals surface area contributed by atoms with Gasteiger partial charge >= 0.3 is 0 Å². The van der Waals surface area contributed by atoms with E-state index in [-0.39, 0.29) is 29.7 Å². The normalized spacial score (nSPS) is 17.9.